The molecular weight excluding hydrogens is 313 g/mol. The van der Waals surface area contributed by atoms with Crippen LogP contribution in [0.25, 0.3) is 10.9 Å². The van der Waals surface area contributed by atoms with E-state index in [0.29, 0.717) is 5.02 Å². The molecule has 0 aliphatic heterocycles. The van der Waals surface area contributed by atoms with Crippen LogP contribution in [0, 0.1) is 5.82 Å². The average Bonchev–Trinajstić information content (AvgIpc) is 2.56. The average molecular weight is 328 g/mol. The minimum absolute atomic E-state index is 0.255. The van der Waals surface area contributed by atoms with Gasteiger partial charge in [-0.05, 0) is 48.4 Å². The van der Waals surface area contributed by atoms with Crippen LogP contribution in [0.4, 0.5) is 10.1 Å². The lowest BCUT2D eigenvalue weighted by atomic mass is 10.1. The molecule has 0 fully saturated rings. The molecule has 0 saturated carbocycles. The smallest absolute Gasteiger partial charge is 0.123 e. The van der Waals surface area contributed by atoms with Gasteiger partial charge in [0.2, 0.25) is 0 Å². The van der Waals surface area contributed by atoms with Crippen LogP contribution >= 0.6 is 11.6 Å². The first kappa shape index (κ1) is 15.4. The molecule has 3 nitrogen and oxygen atoms in total. The van der Waals surface area contributed by atoms with Crippen molar-refractivity contribution in [1.29, 1.82) is 0 Å². The van der Waals surface area contributed by atoms with Crippen LogP contribution in [0.3, 0.4) is 0 Å². The lowest BCUT2D eigenvalue weighted by molar-refractivity contribution is 0.627. The summed E-state index contributed by atoms with van der Waals surface area (Å²) in [7, 11) is 0. The largest absolute Gasteiger partial charge is 0.277 e. The number of halogens is 2. The molecule has 0 radical (unpaired) electrons. The summed E-state index contributed by atoms with van der Waals surface area (Å²) in [6, 6.07) is 13.7. The summed E-state index contributed by atoms with van der Waals surface area (Å²) in [5, 5.41) is 6.05. The Labute approximate surface area is 138 Å². The number of hydrazone groups is 1. The molecule has 0 bridgehead atoms. The molecule has 0 aliphatic carbocycles. The zero-order valence-corrected chi connectivity index (χ0v) is 13.3. The van der Waals surface area contributed by atoms with E-state index in [1.165, 1.54) is 12.1 Å². The van der Waals surface area contributed by atoms with Crippen molar-refractivity contribution in [3.05, 3.63) is 71.1 Å². The monoisotopic (exact) mass is 327 g/mol. The van der Waals surface area contributed by atoms with Crippen LogP contribution in [0.15, 0.2) is 59.8 Å². The first-order valence-electron chi connectivity index (χ1n) is 7.30. The van der Waals surface area contributed by atoms with Gasteiger partial charge in [0.05, 0.1) is 16.9 Å². The summed E-state index contributed by atoms with van der Waals surface area (Å²) in [4.78, 5) is 4.30. The van der Waals surface area contributed by atoms with Gasteiger partial charge in [-0.25, -0.2) is 4.39 Å². The molecule has 1 heterocycles. The number of nitrogens with zero attached hydrogens (tertiary/aromatic N) is 2. The molecule has 0 unspecified atom stereocenters. The van der Waals surface area contributed by atoms with Gasteiger partial charge < -0.3 is 0 Å². The van der Waals surface area contributed by atoms with Crippen molar-refractivity contribution < 1.29 is 4.39 Å². The Hall–Kier alpha value is -2.46. The van der Waals surface area contributed by atoms with Crippen molar-refractivity contribution in [3.8, 4) is 0 Å². The molecule has 1 aromatic heterocycles. The summed E-state index contributed by atoms with van der Waals surface area (Å²) >= 11 is 6.00. The highest BCUT2D eigenvalue weighted by Gasteiger charge is 2.04. The summed E-state index contributed by atoms with van der Waals surface area (Å²) in [5.74, 6) is -0.255. The van der Waals surface area contributed by atoms with Crippen molar-refractivity contribution in [2.45, 2.75) is 13.3 Å². The standard InChI is InChI=1S/C18H15ClFN3/c1-2-16(12-3-6-14(20)7-4-12)22-23-17-9-10-21-18-11-13(19)5-8-15(17)18/h3-11H,2H2,1H3,(H,21,23)/b22-16+. The molecule has 116 valence electrons. The highest BCUT2D eigenvalue weighted by atomic mass is 35.5. The summed E-state index contributed by atoms with van der Waals surface area (Å²) in [5.41, 5.74) is 6.47. The Kier molecular flexibility index (Phi) is 4.53. The molecular formula is C18H15ClFN3. The lowest BCUT2D eigenvalue weighted by Crippen LogP contribution is -2.03. The molecule has 0 atom stereocenters. The normalized spacial score (nSPS) is 11.7. The fraction of sp³-hybridized carbons (Fsp3) is 0.111. The van der Waals surface area contributed by atoms with Crippen LogP contribution < -0.4 is 5.43 Å². The molecule has 0 spiro atoms. The van der Waals surface area contributed by atoms with E-state index in [0.717, 1.165) is 34.3 Å². The van der Waals surface area contributed by atoms with E-state index >= 15 is 0 Å². The van der Waals surface area contributed by atoms with Crippen molar-refractivity contribution in [2.75, 3.05) is 5.43 Å². The van der Waals surface area contributed by atoms with Crippen molar-refractivity contribution in [3.63, 3.8) is 0 Å². The molecule has 0 amide bonds. The fourth-order valence-electron chi connectivity index (χ4n) is 2.34. The third kappa shape index (κ3) is 3.48. The summed E-state index contributed by atoms with van der Waals surface area (Å²) in [6.07, 6.45) is 2.44. The molecule has 0 saturated heterocycles. The number of fused-ring (bicyclic) bond motifs is 1. The van der Waals surface area contributed by atoms with E-state index in [1.807, 2.05) is 31.2 Å². The van der Waals surface area contributed by atoms with Gasteiger partial charge >= 0.3 is 0 Å². The lowest BCUT2D eigenvalue weighted by Gasteiger charge is -2.08. The zero-order valence-electron chi connectivity index (χ0n) is 12.6. The molecule has 2 aromatic carbocycles. The number of hydrogen-bond donors (Lipinski definition) is 1. The second-order valence-electron chi connectivity index (χ2n) is 5.05. The zero-order chi connectivity index (χ0) is 16.2. The predicted octanol–water partition coefficient (Wildman–Crippen LogP) is 5.25. The van der Waals surface area contributed by atoms with Crippen LogP contribution in [-0.4, -0.2) is 10.7 Å². The number of hydrogen-bond acceptors (Lipinski definition) is 3. The maximum atomic E-state index is 13.0. The van der Waals surface area contributed by atoms with Crippen molar-refractivity contribution in [2.24, 2.45) is 5.10 Å². The molecule has 5 heteroatoms. The Bertz CT molecular complexity index is 860. The number of anilines is 1. The number of benzene rings is 2. The highest BCUT2D eigenvalue weighted by Crippen LogP contribution is 2.24. The Morgan fingerprint density at radius 1 is 1.17 bits per heavy atom. The number of rotatable bonds is 4. The van der Waals surface area contributed by atoms with Crippen molar-refractivity contribution in [1.82, 2.24) is 4.98 Å². The number of pyridine rings is 1. The Morgan fingerprint density at radius 2 is 1.96 bits per heavy atom. The van der Waals surface area contributed by atoms with Gasteiger partial charge in [-0.15, -0.1) is 0 Å². The van der Waals surface area contributed by atoms with Crippen LogP contribution in [-0.2, 0) is 0 Å². The first-order valence-corrected chi connectivity index (χ1v) is 7.68. The van der Waals surface area contributed by atoms with E-state index in [-0.39, 0.29) is 5.82 Å². The highest BCUT2D eigenvalue weighted by molar-refractivity contribution is 6.31. The number of aromatic nitrogens is 1. The fourth-order valence-corrected chi connectivity index (χ4v) is 2.50. The quantitative estimate of drug-likeness (QED) is 0.524. The SMILES string of the molecule is CC/C(=N\Nc1ccnc2cc(Cl)ccc12)c1ccc(F)cc1. The molecule has 3 aromatic rings. The van der Waals surface area contributed by atoms with Gasteiger partial charge in [-0.3, -0.25) is 10.4 Å². The molecule has 3 rings (SSSR count). The van der Waals surface area contributed by atoms with Crippen LogP contribution in [0.2, 0.25) is 5.02 Å². The van der Waals surface area contributed by atoms with E-state index in [9.17, 15) is 4.39 Å². The van der Waals surface area contributed by atoms with E-state index in [2.05, 4.69) is 15.5 Å². The summed E-state index contributed by atoms with van der Waals surface area (Å²) in [6.45, 7) is 2.01. The van der Waals surface area contributed by atoms with Crippen LogP contribution in [0.5, 0.6) is 0 Å². The maximum absolute atomic E-state index is 13.0. The third-order valence-electron chi connectivity index (χ3n) is 3.53. The topological polar surface area (TPSA) is 37.3 Å². The second-order valence-corrected chi connectivity index (χ2v) is 5.49. The minimum atomic E-state index is -0.255. The van der Waals surface area contributed by atoms with Crippen LogP contribution in [0.1, 0.15) is 18.9 Å². The maximum Gasteiger partial charge on any atom is 0.123 e. The van der Waals surface area contributed by atoms with Gasteiger partial charge in [0, 0.05) is 16.6 Å². The van der Waals surface area contributed by atoms with E-state index in [1.54, 1.807) is 18.3 Å². The first-order chi connectivity index (χ1) is 11.2. The third-order valence-corrected chi connectivity index (χ3v) is 3.76. The summed E-state index contributed by atoms with van der Waals surface area (Å²) < 4.78 is 13.0. The molecule has 0 aliphatic rings. The van der Waals surface area contributed by atoms with Crippen molar-refractivity contribution >= 4 is 33.9 Å². The Balaban J connectivity index is 1.93. The van der Waals surface area contributed by atoms with Gasteiger partial charge in [0.25, 0.3) is 0 Å². The molecule has 23 heavy (non-hydrogen) atoms. The van der Waals surface area contributed by atoms with Gasteiger partial charge in [0.1, 0.15) is 5.82 Å². The van der Waals surface area contributed by atoms with E-state index in [4.69, 9.17) is 11.6 Å². The van der Waals surface area contributed by atoms with Gasteiger partial charge in [-0.1, -0.05) is 30.7 Å². The predicted molar refractivity (Wildman–Crippen MR) is 93.6 cm³/mol. The van der Waals surface area contributed by atoms with E-state index < -0.39 is 0 Å². The van der Waals surface area contributed by atoms with Gasteiger partial charge in [-0.2, -0.15) is 5.10 Å². The Morgan fingerprint density at radius 3 is 2.70 bits per heavy atom. The second kappa shape index (κ2) is 6.75. The molecule has 1 N–H and O–H groups in total. The van der Waals surface area contributed by atoms with Gasteiger partial charge in [0.15, 0.2) is 0 Å². The minimum Gasteiger partial charge on any atom is -0.277 e. The number of nitrogens with one attached hydrogen (secondary N) is 1.